The van der Waals surface area contributed by atoms with Crippen molar-refractivity contribution in [3.8, 4) is 11.5 Å². The van der Waals surface area contributed by atoms with Crippen LogP contribution in [0.2, 0.25) is 0 Å². The summed E-state index contributed by atoms with van der Waals surface area (Å²) in [4.78, 5) is 55.2. The highest BCUT2D eigenvalue weighted by molar-refractivity contribution is 7.07. The Kier molecular flexibility index (Phi) is 6.09. The lowest BCUT2D eigenvalue weighted by atomic mass is 10.1. The molecule has 0 aliphatic rings. The third kappa shape index (κ3) is 4.55. The molecule has 0 spiro atoms. The van der Waals surface area contributed by atoms with Crippen molar-refractivity contribution in [1.82, 2.24) is 19.9 Å². The molecule has 0 fully saturated rings. The molecular weight excluding hydrogens is 536 g/mol. The molecule has 0 atom stereocenters. The van der Waals surface area contributed by atoms with Crippen molar-refractivity contribution < 1.29 is 19.7 Å². The Morgan fingerprint density at radius 3 is 1.74 bits per heavy atom. The lowest BCUT2D eigenvalue weighted by Crippen LogP contribution is -1.93. The van der Waals surface area contributed by atoms with Gasteiger partial charge in [-0.1, -0.05) is 12.1 Å². The van der Waals surface area contributed by atoms with Crippen molar-refractivity contribution in [1.29, 1.82) is 0 Å². The normalized spacial score (nSPS) is 10.9. The number of hydrogen-bond acceptors (Lipinski definition) is 11. The molecule has 0 saturated carbocycles. The average molecular weight is 548 g/mol. The molecule has 0 saturated heterocycles. The van der Waals surface area contributed by atoms with Crippen molar-refractivity contribution in [3.05, 3.63) is 99.9 Å². The van der Waals surface area contributed by atoms with Gasteiger partial charge in [0.25, 0.3) is 22.7 Å². The van der Waals surface area contributed by atoms with Gasteiger partial charge in [0, 0.05) is 28.3 Å². The van der Waals surface area contributed by atoms with E-state index in [4.69, 9.17) is 0 Å². The third-order valence-electron chi connectivity index (χ3n) is 5.62. The molecule has 0 aliphatic carbocycles. The van der Waals surface area contributed by atoms with E-state index in [9.17, 15) is 40.5 Å². The predicted octanol–water partition coefficient (Wildman–Crippen LogP) is 5.64. The van der Waals surface area contributed by atoms with E-state index in [1.165, 1.54) is 0 Å². The third-order valence-corrected chi connectivity index (χ3v) is 6.21. The van der Waals surface area contributed by atoms with Crippen LogP contribution >= 0.6 is 11.3 Å². The number of nitrogens with one attached hydrogen (secondary N) is 2. The number of nitro benzene ring substituents is 4. The van der Waals surface area contributed by atoms with Crippen molar-refractivity contribution in [2.45, 2.75) is 0 Å². The van der Waals surface area contributed by atoms with Crippen molar-refractivity contribution in [3.63, 3.8) is 0 Å². The highest BCUT2D eigenvalue weighted by atomic mass is 32.1. The van der Waals surface area contributed by atoms with Gasteiger partial charge in [-0.05, 0) is 12.1 Å². The van der Waals surface area contributed by atoms with Gasteiger partial charge in [-0.15, -0.1) is 11.3 Å². The van der Waals surface area contributed by atoms with Gasteiger partial charge in [-0.3, -0.25) is 40.5 Å². The van der Waals surface area contributed by atoms with Crippen LogP contribution in [0.4, 0.5) is 22.7 Å². The van der Waals surface area contributed by atoms with Crippen LogP contribution in [0.1, 0.15) is 0 Å². The van der Waals surface area contributed by atoms with Crippen molar-refractivity contribution >= 4 is 66.9 Å². The minimum Gasteiger partial charge on any atom is -0.343 e. The minimum absolute atomic E-state index is 0.0947. The molecule has 3 heterocycles. The number of hydrogen-bond donors (Lipinski definition) is 2. The fraction of sp³-hybridized carbons (Fsp3) is 0. The fourth-order valence-corrected chi connectivity index (χ4v) is 4.48. The quantitative estimate of drug-likeness (QED) is 0.199. The zero-order valence-corrected chi connectivity index (χ0v) is 19.9. The van der Waals surface area contributed by atoms with Crippen LogP contribution in [0.5, 0.6) is 0 Å². The van der Waals surface area contributed by atoms with Gasteiger partial charge in [0.1, 0.15) is 16.7 Å². The van der Waals surface area contributed by atoms with E-state index in [1.807, 2.05) is 35.2 Å². The number of non-ortho nitro benzene ring substituents is 4. The molecule has 3 aromatic heterocycles. The summed E-state index contributed by atoms with van der Waals surface area (Å²) in [5, 5.41) is 46.1. The molecule has 17 heteroatoms. The van der Waals surface area contributed by atoms with Crippen molar-refractivity contribution in [2.24, 2.45) is 0 Å². The molecular formula is C22H12N8O8S. The van der Waals surface area contributed by atoms with Crippen LogP contribution in [0.3, 0.4) is 0 Å². The Morgan fingerprint density at radius 2 is 1.28 bits per heavy atom. The Hall–Kier alpha value is -5.84. The van der Waals surface area contributed by atoms with Gasteiger partial charge in [0.05, 0.1) is 48.4 Å². The number of H-pyrrole nitrogens is 2. The van der Waals surface area contributed by atoms with Crippen LogP contribution in [-0.2, 0) is 0 Å². The van der Waals surface area contributed by atoms with Gasteiger partial charge in [0.2, 0.25) is 0 Å². The monoisotopic (exact) mass is 548 g/mol. The second-order valence-corrected chi connectivity index (χ2v) is 8.62. The summed E-state index contributed by atoms with van der Waals surface area (Å²) in [7, 11) is 0. The van der Waals surface area contributed by atoms with Crippen LogP contribution in [0.15, 0.2) is 59.4 Å². The highest BCUT2D eigenvalue weighted by Gasteiger charge is 2.28. The zero-order chi connectivity index (χ0) is 27.8. The fourth-order valence-electron chi connectivity index (χ4n) is 3.94. The summed E-state index contributed by atoms with van der Waals surface area (Å²) in [6, 6.07) is 11.3. The number of imidazole rings is 1. The molecule has 0 unspecified atom stereocenters. The number of para-hydroxylation sites is 2. The van der Waals surface area contributed by atoms with Crippen molar-refractivity contribution in [2.75, 3.05) is 0 Å². The molecule has 0 radical (unpaired) electrons. The zero-order valence-electron chi connectivity index (χ0n) is 19.1. The highest BCUT2D eigenvalue weighted by Crippen LogP contribution is 2.40. The summed E-state index contributed by atoms with van der Waals surface area (Å²) < 4.78 is 0. The smallest absolute Gasteiger partial charge is 0.300 e. The van der Waals surface area contributed by atoms with E-state index in [2.05, 4.69) is 19.9 Å². The molecule has 194 valence electrons. The first kappa shape index (κ1) is 24.8. The van der Waals surface area contributed by atoms with Crippen LogP contribution < -0.4 is 0 Å². The molecule has 0 bridgehead atoms. The number of nitrogens with zero attached hydrogens (tertiary/aromatic N) is 6. The van der Waals surface area contributed by atoms with Crippen LogP contribution in [0, 0.1) is 40.5 Å². The summed E-state index contributed by atoms with van der Waals surface area (Å²) in [5.74, 6) is 0.840. The number of thiazole rings is 1. The summed E-state index contributed by atoms with van der Waals surface area (Å²) in [6.45, 7) is 0. The number of benzene rings is 3. The van der Waals surface area contributed by atoms with E-state index in [1.54, 1.807) is 11.3 Å². The van der Waals surface area contributed by atoms with Gasteiger partial charge in [-0.2, -0.15) is 0 Å². The Bertz CT molecular complexity index is 1830. The van der Waals surface area contributed by atoms with Gasteiger partial charge in [-0.25, -0.2) is 9.97 Å². The first-order valence-electron chi connectivity index (χ1n) is 10.7. The maximum Gasteiger partial charge on any atom is 0.300 e. The molecule has 6 rings (SSSR count). The molecule has 3 aromatic carbocycles. The number of aromatic amines is 2. The second-order valence-electron chi connectivity index (χ2n) is 7.90. The van der Waals surface area contributed by atoms with E-state index >= 15 is 0 Å². The Balaban J connectivity index is 0.000000184. The molecule has 0 aliphatic heterocycles. The topological polar surface area (TPSA) is 230 Å². The molecule has 39 heavy (non-hydrogen) atoms. The minimum atomic E-state index is -0.884. The molecule has 2 N–H and O–H groups in total. The maximum atomic E-state index is 11.2. The van der Waals surface area contributed by atoms with E-state index in [0.29, 0.717) is 12.1 Å². The number of fused-ring (bicyclic) bond motifs is 4. The SMILES string of the molecule is O=[N+]([O-])c1cc([N+](=O)[O-])c2[nH]c3c([N+](=O)[O-])cc([N+](=O)[O-])cc3c2c1.c1ccc2[nH]c(-c3cscn3)nc2c1. The molecule has 0 amide bonds. The first-order chi connectivity index (χ1) is 18.6. The van der Waals surface area contributed by atoms with E-state index < -0.39 is 42.4 Å². The first-order valence-corrected chi connectivity index (χ1v) is 11.6. The average Bonchev–Trinajstić information content (AvgIpc) is 3.65. The van der Waals surface area contributed by atoms with Gasteiger partial charge >= 0.3 is 0 Å². The summed E-state index contributed by atoms with van der Waals surface area (Å²) in [5.41, 5.74) is 1.78. The molecule has 16 nitrogen and oxygen atoms in total. The predicted molar refractivity (Wildman–Crippen MR) is 140 cm³/mol. The molecule has 6 aromatic rings. The number of aromatic nitrogens is 4. The van der Waals surface area contributed by atoms with E-state index in [0.717, 1.165) is 34.7 Å². The Labute approximate surface area is 218 Å². The lowest BCUT2D eigenvalue weighted by molar-refractivity contribution is -0.393. The summed E-state index contributed by atoms with van der Waals surface area (Å²) >= 11 is 1.57. The van der Waals surface area contributed by atoms with Gasteiger partial charge in [0.15, 0.2) is 5.82 Å². The number of rotatable bonds is 5. The summed E-state index contributed by atoms with van der Waals surface area (Å²) in [6.07, 6.45) is 0. The standard InChI is InChI=1S/C12H5N5O8.C10H7N3S/c18-14(19)5-1-7-8-2-6(15(20)21)4-10(17(24)25)12(8)13-11(7)9(3-5)16(22)23;1-2-4-8-7(3-1)12-10(13-8)9-5-14-6-11-9/h1-4,13H;1-6H,(H,12,13). The van der Waals surface area contributed by atoms with Gasteiger partial charge < -0.3 is 9.97 Å². The van der Waals surface area contributed by atoms with Crippen LogP contribution in [0.25, 0.3) is 44.4 Å². The second kappa shape index (κ2) is 9.56. The van der Waals surface area contributed by atoms with E-state index in [-0.39, 0.29) is 21.8 Å². The van der Waals surface area contributed by atoms with Crippen LogP contribution in [-0.4, -0.2) is 39.6 Å². The maximum absolute atomic E-state index is 11.2. The lowest BCUT2D eigenvalue weighted by Gasteiger charge is -1.96. The number of nitro groups is 4. The largest absolute Gasteiger partial charge is 0.343 e. The Morgan fingerprint density at radius 1 is 0.718 bits per heavy atom.